The Hall–Kier alpha value is -0.610. The minimum atomic E-state index is 0.0683. The maximum absolute atomic E-state index is 12.4. The van der Waals surface area contributed by atoms with Crippen LogP contribution < -0.4 is 5.32 Å². The standard InChI is InChI=1S/C14H27N3O/c1-11-10-12(7-9-16(11)2)17(3)14(18)13-6-4-5-8-15-13/h11-13,15H,4-10H2,1-3H3. The molecule has 4 nitrogen and oxygen atoms in total. The van der Waals surface area contributed by atoms with E-state index in [2.05, 4.69) is 24.2 Å². The Kier molecular flexibility index (Phi) is 4.62. The lowest BCUT2D eigenvalue weighted by molar-refractivity contribution is -0.136. The second-order valence-corrected chi connectivity index (χ2v) is 5.96. The molecule has 18 heavy (non-hydrogen) atoms. The van der Waals surface area contributed by atoms with Crippen molar-refractivity contribution in [1.82, 2.24) is 15.1 Å². The predicted octanol–water partition coefficient (Wildman–Crippen LogP) is 1.07. The van der Waals surface area contributed by atoms with E-state index in [1.807, 2.05) is 11.9 Å². The highest BCUT2D eigenvalue weighted by atomic mass is 16.2. The number of likely N-dealkylation sites (tertiary alicyclic amines) is 1. The zero-order valence-electron chi connectivity index (χ0n) is 12.0. The monoisotopic (exact) mass is 253 g/mol. The lowest BCUT2D eigenvalue weighted by Gasteiger charge is -2.40. The molecule has 2 aliphatic rings. The van der Waals surface area contributed by atoms with Crippen molar-refractivity contribution in [2.24, 2.45) is 0 Å². The number of rotatable bonds is 2. The van der Waals surface area contributed by atoms with E-state index >= 15 is 0 Å². The van der Waals surface area contributed by atoms with E-state index in [1.54, 1.807) is 0 Å². The molecule has 0 aliphatic carbocycles. The van der Waals surface area contributed by atoms with Crippen molar-refractivity contribution in [3.05, 3.63) is 0 Å². The fraction of sp³-hybridized carbons (Fsp3) is 0.929. The topological polar surface area (TPSA) is 35.6 Å². The molecule has 2 aliphatic heterocycles. The van der Waals surface area contributed by atoms with Gasteiger partial charge in [0.1, 0.15) is 0 Å². The first-order chi connectivity index (χ1) is 8.59. The Morgan fingerprint density at radius 1 is 1.33 bits per heavy atom. The second-order valence-electron chi connectivity index (χ2n) is 5.96. The number of piperidine rings is 2. The number of hydrogen-bond acceptors (Lipinski definition) is 3. The van der Waals surface area contributed by atoms with E-state index in [9.17, 15) is 4.79 Å². The predicted molar refractivity (Wildman–Crippen MR) is 73.5 cm³/mol. The van der Waals surface area contributed by atoms with Gasteiger partial charge in [0.25, 0.3) is 0 Å². The Labute approximate surface area is 111 Å². The molecule has 104 valence electrons. The zero-order chi connectivity index (χ0) is 13.1. The summed E-state index contributed by atoms with van der Waals surface area (Å²) in [6.07, 6.45) is 5.60. The van der Waals surface area contributed by atoms with Crippen molar-refractivity contribution in [2.45, 2.75) is 57.2 Å². The third-order valence-corrected chi connectivity index (χ3v) is 4.68. The van der Waals surface area contributed by atoms with Gasteiger partial charge in [-0.3, -0.25) is 4.79 Å². The highest BCUT2D eigenvalue weighted by Gasteiger charge is 2.31. The highest BCUT2D eigenvalue weighted by molar-refractivity contribution is 5.82. The number of hydrogen-bond donors (Lipinski definition) is 1. The molecule has 0 aromatic rings. The smallest absolute Gasteiger partial charge is 0.239 e. The van der Waals surface area contributed by atoms with Crippen molar-refractivity contribution in [2.75, 3.05) is 27.2 Å². The van der Waals surface area contributed by atoms with Crippen LogP contribution in [-0.4, -0.2) is 61.0 Å². The SMILES string of the molecule is CC1CC(N(C)C(=O)C2CCCCN2)CCN1C. The Morgan fingerprint density at radius 2 is 2.11 bits per heavy atom. The summed E-state index contributed by atoms with van der Waals surface area (Å²) in [6, 6.07) is 1.07. The van der Waals surface area contributed by atoms with E-state index in [-0.39, 0.29) is 6.04 Å². The molecule has 1 N–H and O–H groups in total. The fourth-order valence-electron chi connectivity index (χ4n) is 3.10. The van der Waals surface area contributed by atoms with Gasteiger partial charge >= 0.3 is 0 Å². The van der Waals surface area contributed by atoms with Crippen LogP contribution in [0.25, 0.3) is 0 Å². The van der Waals surface area contributed by atoms with Crippen molar-refractivity contribution < 1.29 is 4.79 Å². The molecule has 3 unspecified atom stereocenters. The molecule has 4 heteroatoms. The first-order valence-corrected chi connectivity index (χ1v) is 7.30. The van der Waals surface area contributed by atoms with Gasteiger partial charge in [-0.2, -0.15) is 0 Å². The van der Waals surface area contributed by atoms with Gasteiger partial charge in [0, 0.05) is 25.7 Å². The van der Waals surface area contributed by atoms with E-state index in [1.165, 1.54) is 12.8 Å². The number of nitrogens with zero attached hydrogens (tertiary/aromatic N) is 2. The Bertz CT molecular complexity index is 289. The van der Waals surface area contributed by atoms with E-state index in [0.717, 1.165) is 32.4 Å². The largest absolute Gasteiger partial charge is 0.341 e. The summed E-state index contributed by atoms with van der Waals surface area (Å²) in [4.78, 5) is 16.8. The molecular formula is C14H27N3O. The van der Waals surface area contributed by atoms with Crippen LogP contribution >= 0.6 is 0 Å². The van der Waals surface area contributed by atoms with Gasteiger partial charge in [-0.05, 0) is 46.2 Å². The van der Waals surface area contributed by atoms with Crippen LogP contribution in [0.15, 0.2) is 0 Å². The summed E-state index contributed by atoms with van der Waals surface area (Å²) in [6.45, 7) is 4.35. The summed E-state index contributed by atoms with van der Waals surface area (Å²) >= 11 is 0. The van der Waals surface area contributed by atoms with Crippen LogP contribution in [0.5, 0.6) is 0 Å². The quantitative estimate of drug-likeness (QED) is 0.799. The third kappa shape index (κ3) is 3.04. The molecule has 0 spiro atoms. The Balaban J connectivity index is 1.89. The van der Waals surface area contributed by atoms with Crippen LogP contribution in [0.3, 0.4) is 0 Å². The summed E-state index contributed by atoms with van der Waals surface area (Å²) in [5.74, 6) is 0.302. The highest BCUT2D eigenvalue weighted by Crippen LogP contribution is 2.21. The van der Waals surface area contributed by atoms with E-state index in [0.29, 0.717) is 18.0 Å². The third-order valence-electron chi connectivity index (χ3n) is 4.68. The number of likely N-dealkylation sites (N-methyl/N-ethyl adjacent to an activating group) is 1. The molecule has 0 aromatic carbocycles. The fourth-order valence-corrected chi connectivity index (χ4v) is 3.10. The van der Waals surface area contributed by atoms with Crippen molar-refractivity contribution in [3.8, 4) is 0 Å². The van der Waals surface area contributed by atoms with E-state index < -0.39 is 0 Å². The van der Waals surface area contributed by atoms with Gasteiger partial charge in [0.15, 0.2) is 0 Å². The van der Waals surface area contributed by atoms with Crippen molar-refractivity contribution in [1.29, 1.82) is 0 Å². The second kappa shape index (κ2) is 6.02. The lowest BCUT2D eigenvalue weighted by atomic mass is 9.96. The van der Waals surface area contributed by atoms with Crippen LogP contribution in [0.4, 0.5) is 0 Å². The molecule has 2 rings (SSSR count). The minimum Gasteiger partial charge on any atom is -0.341 e. The minimum absolute atomic E-state index is 0.0683. The van der Waals surface area contributed by atoms with Crippen LogP contribution in [0, 0.1) is 0 Å². The first kappa shape index (κ1) is 13.8. The molecule has 0 bridgehead atoms. The number of carbonyl (C=O) groups is 1. The molecule has 1 amide bonds. The lowest BCUT2D eigenvalue weighted by Crippen LogP contribution is -2.53. The number of amides is 1. The maximum atomic E-state index is 12.4. The van der Waals surface area contributed by atoms with Crippen molar-refractivity contribution in [3.63, 3.8) is 0 Å². The molecule has 2 saturated heterocycles. The summed E-state index contributed by atoms with van der Waals surface area (Å²) in [7, 11) is 4.16. The molecule has 0 aromatic heterocycles. The molecule has 0 saturated carbocycles. The van der Waals surface area contributed by atoms with Gasteiger partial charge in [-0.1, -0.05) is 6.42 Å². The van der Waals surface area contributed by atoms with Crippen LogP contribution in [0.1, 0.15) is 39.0 Å². The zero-order valence-corrected chi connectivity index (χ0v) is 12.0. The molecular weight excluding hydrogens is 226 g/mol. The van der Waals surface area contributed by atoms with Crippen LogP contribution in [-0.2, 0) is 4.79 Å². The molecule has 3 atom stereocenters. The van der Waals surface area contributed by atoms with Gasteiger partial charge in [-0.15, -0.1) is 0 Å². The maximum Gasteiger partial charge on any atom is 0.239 e. The molecule has 0 radical (unpaired) electrons. The van der Waals surface area contributed by atoms with E-state index in [4.69, 9.17) is 0 Å². The van der Waals surface area contributed by atoms with Gasteiger partial charge in [-0.25, -0.2) is 0 Å². The average molecular weight is 253 g/mol. The van der Waals surface area contributed by atoms with Crippen molar-refractivity contribution >= 4 is 5.91 Å². The van der Waals surface area contributed by atoms with Crippen LogP contribution in [0.2, 0.25) is 0 Å². The summed E-state index contributed by atoms with van der Waals surface area (Å²) in [5.41, 5.74) is 0. The summed E-state index contributed by atoms with van der Waals surface area (Å²) in [5, 5.41) is 3.36. The number of nitrogens with one attached hydrogen (secondary N) is 1. The van der Waals surface area contributed by atoms with Gasteiger partial charge in [0.2, 0.25) is 5.91 Å². The first-order valence-electron chi connectivity index (χ1n) is 7.30. The average Bonchev–Trinajstić information content (AvgIpc) is 2.41. The molecule has 2 fully saturated rings. The van der Waals surface area contributed by atoms with Gasteiger partial charge in [0.05, 0.1) is 6.04 Å². The summed E-state index contributed by atoms with van der Waals surface area (Å²) < 4.78 is 0. The molecule has 2 heterocycles. The van der Waals surface area contributed by atoms with Gasteiger partial charge < -0.3 is 15.1 Å². The number of carbonyl (C=O) groups excluding carboxylic acids is 1. The normalized spacial score (nSPS) is 34.3. The Morgan fingerprint density at radius 3 is 2.72 bits per heavy atom.